The minimum atomic E-state index is -0.315. The molecular formula is C26H28N6O3S. The minimum absolute atomic E-state index is 0.0126. The molecule has 36 heavy (non-hydrogen) atoms. The summed E-state index contributed by atoms with van der Waals surface area (Å²) in [5, 5.41) is 16.3. The summed E-state index contributed by atoms with van der Waals surface area (Å²) in [5.41, 5.74) is 3.31. The second-order valence-corrected chi connectivity index (χ2v) is 9.94. The van der Waals surface area contributed by atoms with Gasteiger partial charge in [0.1, 0.15) is 4.88 Å². The largest absolute Gasteiger partial charge is 0.381 e. The van der Waals surface area contributed by atoms with Gasteiger partial charge in [0.15, 0.2) is 0 Å². The van der Waals surface area contributed by atoms with Gasteiger partial charge in [0, 0.05) is 60.1 Å². The topological polar surface area (TPSA) is 115 Å². The molecule has 0 radical (unpaired) electrons. The number of nitrogens with one attached hydrogen (secondary N) is 5. The molecule has 2 aliphatic heterocycles. The van der Waals surface area contributed by atoms with Gasteiger partial charge in [-0.2, -0.15) is 0 Å². The molecule has 5 N–H and O–H groups in total. The van der Waals surface area contributed by atoms with Crippen LogP contribution in [0.1, 0.15) is 27.0 Å². The highest BCUT2D eigenvalue weighted by Gasteiger charge is 2.24. The molecule has 2 aromatic carbocycles. The Hall–Kier alpha value is -3.89. The van der Waals surface area contributed by atoms with E-state index in [0.717, 1.165) is 47.6 Å². The van der Waals surface area contributed by atoms with Gasteiger partial charge in [0.25, 0.3) is 11.8 Å². The zero-order valence-electron chi connectivity index (χ0n) is 19.9. The smallest absolute Gasteiger partial charge is 0.263 e. The molecule has 1 fully saturated rings. The van der Waals surface area contributed by atoms with Crippen LogP contribution in [-0.2, 0) is 4.79 Å². The fourth-order valence-electron chi connectivity index (χ4n) is 4.45. The lowest BCUT2D eigenvalue weighted by Crippen LogP contribution is -2.43. The number of hydrogen-bond acceptors (Lipinski definition) is 7. The standard InChI is InChI=1S/C26H28N6O3S/c1-3-22(33)31-19-13-17(5-6-20(19)32-10-8-27-9-11-32)30-25(34)16-4-7-21-18(12-16)23-24(36-21)26(35)29-15(2)14-28-23/h3-7,12-13,15,27-28H,1,8-11,14H2,2H3,(H,29,35)(H,30,34)(H,31,33). The lowest BCUT2D eigenvalue weighted by molar-refractivity contribution is -0.111. The van der Waals surface area contributed by atoms with E-state index in [0.29, 0.717) is 28.4 Å². The van der Waals surface area contributed by atoms with Crippen molar-refractivity contribution in [3.8, 4) is 0 Å². The number of benzene rings is 2. The first-order valence-electron chi connectivity index (χ1n) is 11.9. The third kappa shape index (κ3) is 4.77. The molecule has 1 aromatic heterocycles. The summed E-state index contributed by atoms with van der Waals surface area (Å²) in [6, 6.07) is 10.9. The maximum absolute atomic E-state index is 13.2. The predicted octanol–water partition coefficient (Wildman–Crippen LogP) is 3.23. The maximum Gasteiger partial charge on any atom is 0.263 e. The van der Waals surface area contributed by atoms with Gasteiger partial charge in [-0.15, -0.1) is 11.3 Å². The molecule has 1 atom stereocenters. The van der Waals surface area contributed by atoms with Crippen LogP contribution >= 0.6 is 11.3 Å². The molecule has 2 aliphatic rings. The Bertz CT molecular complexity index is 1360. The van der Waals surface area contributed by atoms with Crippen LogP contribution in [0.15, 0.2) is 49.1 Å². The van der Waals surface area contributed by atoms with Crippen LogP contribution < -0.4 is 31.5 Å². The number of piperazine rings is 1. The van der Waals surface area contributed by atoms with Crippen LogP contribution in [0.5, 0.6) is 0 Å². The van der Waals surface area contributed by atoms with E-state index in [-0.39, 0.29) is 23.8 Å². The van der Waals surface area contributed by atoms with Crippen molar-refractivity contribution in [1.82, 2.24) is 10.6 Å². The molecule has 3 amide bonds. The molecule has 5 rings (SSSR count). The lowest BCUT2D eigenvalue weighted by atomic mass is 10.1. The summed E-state index contributed by atoms with van der Waals surface area (Å²) in [5.74, 6) is -0.697. The second-order valence-electron chi connectivity index (χ2n) is 8.89. The first-order chi connectivity index (χ1) is 17.4. The molecule has 0 bridgehead atoms. The van der Waals surface area contributed by atoms with Gasteiger partial charge >= 0.3 is 0 Å². The number of rotatable bonds is 5. The van der Waals surface area contributed by atoms with Crippen molar-refractivity contribution >= 4 is 61.9 Å². The van der Waals surface area contributed by atoms with Crippen LogP contribution in [0, 0.1) is 0 Å². The molecule has 0 spiro atoms. The van der Waals surface area contributed by atoms with E-state index in [9.17, 15) is 14.4 Å². The van der Waals surface area contributed by atoms with Crippen LogP contribution in [-0.4, -0.2) is 56.5 Å². The van der Waals surface area contributed by atoms with Crippen LogP contribution in [0.4, 0.5) is 22.7 Å². The van der Waals surface area contributed by atoms with Crippen molar-refractivity contribution in [3.63, 3.8) is 0 Å². The number of nitrogens with zero attached hydrogens (tertiary/aromatic N) is 1. The summed E-state index contributed by atoms with van der Waals surface area (Å²) in [7, 11) is 0. The van der Waals surface area contributed by atoms with Crippen molar-refractivity contribution in [2.45, 2.75) is 13.0 Å². The van der Waals surface area contributed by atoms with Crippen molar-refractivity contribution in [1.29, 1.82) is 0 Å². The lowest BCUT2D eigenvalue weighted by Gasteiger charge is -2.31. The van der Waals surface area contributed by atoms with E-state index in [2.05, 4.69) is 38.1 Å². The van der Waals surface area contributed by atoms with E-state index >= 15 is 0 Å². The molecule has 3 heterocycles. The van der Waals surface area contributed by atoms with E-state index in [1.165, 1.54) is 17.4 Å². The van der Waals surface area contributed by atoms with E-state index in [1.807, 2.05) is 31.2 Å². The fourth-order valence-corrected chi connectivity index (χ4v) is 5.51. The average molecular weight is 505 g/mol. The van der Waals surface area contributed by atoms with Crippen molar-refractivity contribution in [2.24, 2.45) is 0 Å². The van der Waals surface area contributed by atoms with Crippen molar-refractivity contribution in [2.75, 3.05) is 53.6 Å². The number of anilines is 4. The normalized spacial score (nSPS) is 17.4. The number of amides is 3. The zero-order valence-corrected chi connectivity index (χ0v) is 20.8. The highest BCUT2D eigenvalue weighted by atomic mass is 32.1. The molecule has 9 nitrogen and oxygen atoms in total. The summed E-state index contributed by atoms with van der Waals surface area (Å²) >= 11 is 1.41. The van der Waals surface area contributed by atoms with E-state index in [4.69, 9.17) is 0 Å². The van der Waals surface area contributed by atoms with Gasteiger partial charge in [-0.3, -0.25) is 14.4 Å². The van der Waals surface area contributed by atoms with Crippen molar-refractivity contribution in [3.05, 3.63) is 59.5 Å². The number of fused-ring (bicyclic) bond motifs is 3. The number of carbonyl (C=O) groups excluding carboxylic acids is 3. The van der Waals surface area contributed by atoms with Gasteiger partial charge in [-0.05, 0) is 49.4 Å². The van der Waals surface area contributed by atoms with Gasteiger partial charge in [0.05, 0.1) is 17.1 Å². The van der Waals surface area contributed by atoms with Gasteiger partial charge in [-0.25, -0.2) is 0 Å². The maximum atomic E-state index is 13.2. The Kier molecular flexibility index (Phi) is 6.62. The van der Waals surface area contributed by atoms with Gasteiger partial charge < -0.3 is 31.5 Å². The minimum Gasteiger partial charge on any atom is -0.381 e. The van der Waals surface area contributed by atoms with Gasteiger partial charge in [-0.1, -0.05) is 6.58 Å². The number of thiophene rings is 1. The predicted molar refractivity (Wildman–Crippen MR) is 146 cm³/mol. The molecule has 0 saturated carbocycles. The second kappa shape index (κ2) is 10.00. The number of carbonyl (C=O) groups is 3. The molecule has 10 heteroatoms. The SMILES string of the molecule is C=CC(=O)Nc1cc(NC(=O)c2ccc3sc4c(c3c2)NCC(C)NC4=O)ccc1N1CCNCC1. The highest BCUT2D eigenvalue weighted by molar-refractivity contribution is 7.21. The molecule has 1 saturated heterocycles. The third-order valence-corrected chi connectivity index (χ3v) is 7.44. The van der Waals surface area contributed by atoms with Crippen molar-refractivity contribution < 1.29 is 14.4 Å². The zero-order chi connectivity index (χ0) is 25.2. The van der Waals surface area contributed by atoms with E-state index in [1.54, 1.807) is 12.1 Å². The summed E-state index contributed by atoms with van der Waals surface area (Å²) < 4.78 is 0.934. The Labute approximate surface area is 212 Å². The summed E-state index contributed by atoms with van der Waals surface area (Å²) in [4.78, 5) is 40.6. The summed E-state index contributed by atoms with van der Waals surface area (Å²) in [6.07, 6.45) is 1.22. The number of hydrogen-bond donors (Lipinski definition) is 5. The van der Waals surface area contributed by atoms with Crippen LogP contribution in [0.2, 0.25) is 0 Å². The molecular weight excluding hydrogens is 476 g/mol. The first kappa shape index (κ1) is 23.8. The first-order valence-corrected chi connectivity index (χ1v) is 12.7. The quantitative estimate of drug-likeness (QED) is 0.341. The van der Waals surface area contributed by atoms with Crippen LogP contribution in [0.25, 0.3) is 10.1 Å². The molecule has 3 aromatic rings. The van der Waals surface area contributed by atoms with Crippen LogP contribution in [0.3, 0.4) is 0 Å². The fraction of sp³-hybridized carbons (Fsp3) is 0.269. The molecule has 186 valence electrons. The third-order valence-electron chi connectivity index (χ3n) is 6.27. The molecule has 1 unspecified atom stereocenters. The highest BCUT2D eigenvalue weighted by Crippen LogP contribution is 2.37. The average Bonchev–Trinajstić information content (AvgIpc) is 3.19. The van der Waals surface area contributed by atoms with Gasteiger partial charge in [0.2, 0.25) is 5.91 Å². The Morgan fingerprint density at radius 2 is 1.94 bits per heavy atom. The van der Waals surface area contributed by atoms with E-state index < -0.39 is 0 Å². The Morgan fingerprint density at radius 3 is 2.72 bits per heavy atom. The molecule has 0 aliphatic carbocycles. The monoisotopic (exact) mass is 504 g/mol. The summed E-state index contributed by atoms with van der Waals surface area (Å²) in [6.45, 7) is 9.45. The Balaban J connectivity index is 1.42. The Morgan fingerprint density at radius 1 is 1.14 bits per heavy atom.